The lowest BCUT2D eigenvalue weighted by atomic mass is 10.1. The normalized spacial score (nSPS) is 32.7. The van der Waals surface area contributed by atoms with Gasteiger partial charge in [0.15, 0.2) is 0 Å². The highest BCUT2D eigenvalue weighted by Gasteiger charge is 2.41. The summed E-state index contributed by atoms with van der Waals surface area (Å²) in [6.45, 7) is 0.966. The van der Waals surface area contributed by atoms with E-state index in [1.165, 1.54) is 19.3 Å². The van der Waals surface area contributed by atoms with Gasteiger partial charge in [-0.3, -0.25) is 0 Å². The van der Waals surface area contributed by atoms with Crippen LogP contribution in [-0.2, 0) is 14.3 Å². The maximum atomic E-state index is 9.10. The summed E-state index contributed by atoms with van der Waals surface area (Å²) in [5, 5.41) is 14.8. The molecule has 0 amide bonds. The highest BCUT2D eigenvalue weighted by Crippen LogP contribution is 2.37. The van der Waals surface area contributed by atoms with Crippen molar-refractivity contribution in [1.29, 1.82) is 0 Å². The molecule has 2 rings (SSSR count). The fourth-order valence-corrected chi connectivity index (χ4v) is 1.60. The maximum absolute atomic E-state index is 9.10. The van der Waals surface area contributed by atoms with Gasteiger partial charge in [-0.25, -0.2) is 9.59 Å². The largest absolute Gasteiger partial charge is 0.473 e. The number of nitrogens with two attached hydrogens (primary N) is 1. The van der Waals surface area contributed by atoms with Crippen LogP contribution in [0.5, 0.6) is 0 Å². The minimum atomic E-state index is -1.82. The van der Waals surface area contributed by atoms with Crippen molar-refractivity contribution in [2.45, 2.75) is 31.4 Å². The second kappa shape index (κ2) is 5.09. The molecule has 0 spiro atoms. The van der Waals surface area contributed by atoms with Crippen molar-refractivity contribution in [3.05, 3.63) is 0 Å². The van der Waals surface area contributed by atoms with E-state index in [2.05, 4.69) is 0 Å². The average Bonchev–Trinajstić information content (AvgIpc) is 2.69. The lowest BCUT2D eigenvalue weighted by Crippen LogP contribution is -2.14. The molecule has 15 heavy (non-hydrogen) atoms. The summed E-state index contributed by atoms with van der Waals surface area (Å²) in [4.78, 5) is 18.2. The van der Waals surface area contributed by atoms with Crippen LogP contribution in [0.4, 0.5) is 0 Å². The van der Waals surface area contributed by atoms with E-state index in [0.717, 1.165) is 6.61 Å². The predicted octanol–water partition coefficient (Wildman–Crippen LogP) is -0.332. The molecule has 1 saturated heterocycles. The Labute approximate surface area is 87.0 Å². The Morgan fingerprint density at radius 1 is 1.27 bits per heavy atom. The van der Waals surface area contributed by atoms with Gasteiger partial charge < -0.3 is 20.7 Å². The molecule has 0 aromatic heterocycles. The standard InChI is InChI=1S/C7H13NO.C2H2O4/c8-6-4-5(6)7-2-1-3-9-7;3-1(4)2(5)6/h5-7H,1-4,8H2;(H,3,4)(H,5,6)/t5-,6-,7?;/m1./s1. The zero-order valence-corrected chi connectivity index (χ0v) is 8.26. The number of rotatable bonds is 1. The van der Waals surface area contributed by atoms with Gasteiger partial charge in [0.2, 0.25) is 0 Å². The van der Waals surface area contributed by atoms with E-state index in [-0.39, 0.29) is 0 Å². The van der Waals surface area contributed by atoms with Crippen LogP contribution in [0.15, 0.2) is 0 Å². The predicted molar refractivity (Wildman–Crippen MR) is 50.3 cm³/mol. The first kappa shape index (κ1) is 11.9. The third-order valence-corrected chi connectivity index (χ3v) is 2.52. The third-order valence-electron chi connectivity index (χ3n) is 2.52. The molecule has 6 nitrogen and oxygen atoms in total. The number of hydrogen-bond donors (Lipinski definition) is 3. The van der Waals surface area contributed by atoms with Gasteiger partial charge in [0.1, 0.15) is 0 Å². The summed E-state index contributed by atoms with van der Waals surface area (Å²) in [5.74, 6) is -2.93. The van der Waals surface area contributed by atoms with Gasteiger partial charge in [0.05, 0.1) is 6.10 Å². The van der Waals surface area contributed by atoms with Crippen LogP contribution in [0.1, 0.15) is 19.3 Å². The zero-order chi connectivity index (χ0) is 11.4. The minimum absolute atomic E-state index is 0.466. The number of hydrogen-bond acceptors (Lipinski definition) is 4. The fourth-order valence-electron chi connectivity index (χ4n) is 1.60. The fraction of sp³-hybridized carbons (Fsp3) is 0.778. The number of carboxylic acids is 2. The number of aliphatic carboxylic acids is 2. The molecule has 1 unspecified atom stereocenters. The van der Waals surface area contributed by atoms with Crippen molar-refractivity contribution >= 4 is 11.9 Å². The highest BCUT2D eigenvalue weighted by atomic mass is 16.5. The molecule has 1 aliphatic heterocycles. The van der Waals surface area contributed by atoms with E-state index in [0.29, 0.717) is 18.1 Å². The molecule has 6 heteroatoms. The summed E-state index contributed by atoms with van der Waals surface area (Å²) in [6.07, 6.45) is 4.22. The molecule has 1 aliphatic carbocycles. The van der Waals surface area contributed by atoms with Gasteiger partial charge in [0.25, 0.3) is 0 Å². The van der Waals surface area contributed by atoms with Crippen molar-refractivity contribution in [3.8, 4) is 0 Å². The van der Waals surface area contributed by atoms with Crippen molar-refractivity contribution in [3.63, 3.8) is 0 Å². The Kier molecular flexibility index (Phi) is 4.05. The Morgan fingerprint density at radius 3 is 2.07 bits per heavy atom. The smallest absolute Gasteiger partial charge is 0.414 e. The van der Waals surface area contributed by atoms with E-state index in [9.17, 15) is 0 Å². The number of carboxylic acid groups (broad SMARTS) is 2. The SMILES string of the molecule is N[C@@H]1C[C@H]1C1CCCO1.O=C(O)C(=O)O. The number of ether oxygens (including phenoxy) is 1. The van der Waals surface area contributed by atoms with Crippen molar-refractivity contribution in [1.82, 2.24) is 0 Å². The van der Waals surface area contributed by atoms with Crippen molar-refractivity contribution in [2.24, 2.45) is 11.7 Å². The summed E-state index contributed by atoms with van der Waals surface area (Å²) in [5.41, 5.74) is 5.67. The van der Waals surface area contributed by atoms with Gasteiger partial charge in [0, 0.05) is 18.6 Å². The molecule has 86 valence electrons. The van der Waals surface area contributed by atoms with E-state index < -0.39 is 11.9 Å². The van der Waals surface area contributed by atoms with Crippen LogP contribution in [0.25, 0.3) is 0 Å². The maximum Gasteiger partial charge on any atom is 0.414 e. The lowest BCUT2D eigenvalue weighted by Gasteiger charge is -2.05. The van der Waals surface area contributed by atoms with Gasteiger partial charge >= 0.3 is 11.9 Å². The Hall–Kier alpha value is -1.14. The molecule has 3 atom stereocenters. The zero-order valence-electron chi connectivity index (χ0n) is 8.26. The Bertz CT molecular complexity index is 237. The Balaban J connectivity index is 0.000000167. The number of carbonyl (C=O) groups is 2. The molecule has 2 aliphatic rings. The lowest BCUT2D eigenvalue weighted by molar-refractivity contribution is -0.159. The third kappa shape index (κ3) is 3.85. The molecule has 0 bridgehead atoms. The van der Waals surface area contributed by atoms with E-state index in [1.54, 1.807) is 0 Å². The summed E-state index contributed by atoms with van der Waals surface area (Å²) >= 11 is 0. The van der Waals surface area contributed by atoms with Crippen LogP contribution >= 0.6 is 0 Å². The van der Waals surface area contributed by atoms with Gasteiger partial charge in [-0.05, 0) is 19.3 Å². The molecule has 0 radical (unpaired) electrons. The van der Waals surface area contributed by atoms with Gasteiger partial charge in [-0.2, -0.15) is 0 Å². The first-order chi connectivity index (χ1) is 7.02. The first-order valence-electron chi connectivity index (χ1n) is 4.85. The molecule has 0 aromatic carbocycles. The van der Waals surface area contributed by atoms with Crippen LogP contribution in [-0.4, -0.2) is 40.9 Å². The highest BCUT2D eigenvalue weighted by molar-refractivity contribution is 6.27. The molecule has 1 saturated carbocycles. The molecular weight excluding hydrogens is 202 g/mol. The van der Waals surface area contributed by atoms with E-state index >= 15 is 0 Å². The molecule has 0 aromatic rings. The van der Waals surface area contributed by atoms with Crippen LogP contribution in [0.3, 0.4) is 0 Å². The minimum Gasteiger partial charge on any atom is -0.473 e. The topological polar surface area (TPSA) is 110 Å². The average molecular weight is 217 g/mol. The van der Waals surface area contributed by atoms with E-state index in [4.69, 9.17) is 30.3 Å². The first-order valence-corrected chi connectivity index (χ1v) is 4.85. The van der Waals surface area contributed by atoms with Crippen molar-refractivity contribution < 1.29 is 24.5 Å². The second-order valence-electron chi connectivity index (χ2n) is 3.73. The van der Waals surface area contributed by atoms with Gasteiger partial charge in [-0.1, -0.05) is 0 Å². The molecule has 1 heterocycles. The second-order valence-corrected chi connectivity index (χ2v) is 3.73. The molecular formula is C9H15NO5. The van der Waals surface area contributed by atoms with Crippen LogP contribution in [0.2, 0.25) is 0 Å². The Morgan fingerprint density at radius 2 is 1.80 bits per heavy atom. The van der Waals surface area contributed by atoms with Crippen LogP contribution < -0.4 is 5.73 Å². The van der Waals surface area contributed by atoms with Crippen molar-refractivity contribution in [2.75, 3.05) is 6.61 Å². The van der Waals surface area contributed by atoms with Gasteiger partial charge in [-0.15, -0.1) is 0 Å². The summed E-state index contributed by atoms with van der Waals surface area (Å²) in [7, 11) is 0. The molecule has 4 N–H and O–H groups in total. The van der Waals surface area contributed by atoms with E-state index in [1.807, 2.05) is 0 Å². The molecule has 2 fully saturated rings. The summed E-state index contributed by atoms with van der Waals surface area (Å²) < 4.78 is 5.47. The monoisotopic (exact) mass is 217 g/mol. The van der Waals surface area contributed by atoms with Crippen LogP contribution in [0, 0.1) is 5.92 Å². The summed E-state index contributed by atoms with van der Waals surface area (Å²) in [6, 6.07) is 0.466. The quantitative estimate of drug-likeness (QED) is 0.519.